The highest BCUT2D eigenvalue weighted by molar-refractivity contribution is 5.77. The van der Waals surface area contributed by atoms with E-state index in [-0.39, 0.29) is 12.5 Å². The molecule has 1 aliphatic rings. The van der Waals surface area contributed by atoms with Crippen LogP contribution >= 0.6 is 0 Å². The molecule has 4 nitrogen and oxygen atoms in total. The molecule has 0 heterocycles. The van der Waals surface area contributed by atoms with E-state index in [0.717, 1.165) is 13.1 Å². The minimum atomic E-state index is -0.0394. The van der Waals surface area contributed by atoms with Crippen molar-refractivity contribution in [1.29, 1.82) is 0 Å². The maximum Gasteiger partial charge on any atom is 0.233 e. The third kappa shape index (κ3) is 6.36. The normalized spacial score (nSPS) is 26.6. The minimum absolute atomic E-state index is 0.0394. The number of nitrogens with one attached hydrogen (secondary N) is 1. The van der Waals surface area contributed by atoms with Gasteiger partial charge in [0.2, 0.25) is 5.91 Å². The molecule has 0 spiro atoms. The highest BCUT2D eigenvalue weighted by Gasteiger charge is 2.15. The predicted octanol–water partition coefficient (Wildman–Crippen LogP) is 1.39. The average Bonchev–Trinajstić information content (AvgIpc) is 2.42. The van der Waals surface area contributed by atoms with Crippen LogP contribution in [-0.4, -0.2) is 25.5 Å². The van der Waals surface area contributed by atoms with Crippen molar-refractivity contribution in [3.8, 4) is 0 Å². The Kier molecular flexibility index (Phi) is 8.01. The Morgan fingerprint density at radius 3 is 2.17 bits per heavy atom. The molecule has 1 unspecified atom stereocenters. The molecule has 18 heavy (non-hydrogen) atoms. The van der Waals surface area contributed by atoms with Crippen molar-refractivity contribution >= 4 is 5.91 Å². The van der Waals surface area contributed by atoms with Gasteiger partial charge in [-0.05, 0) is 44.1 Å². The summed E-state index contributed by atoms with van der Waals surface area (Å²) >= 11 is 0. The largest absolute Gasteiger partial charge is 0.355 e. The summed E-state index contributed by atoms with van der Waals surface area (Å²) in [6, 6.07) is 0. The number of nitrogens with two attached hydrogens (primary N) is 2. The number of hydrogen-bond donors (Lipinski definition) is 3. The van der Waals surface area contributed by atoms with Crippen LogP contribution in [0.15, 0.2) is 0 Å². The fourth-order valence-electron chi connectivity index (χ4n) is 2.75. The molecule has 0 aromatic rings. The van der Waals surface area contributed by atoms with Gasteiger partial charge >= 0.3 is 0 Å². The van der Waals surface area contributed by atoms with Gasteiger partial charge in [0.1, 0.15) is 0 Å². The molecule has 0 radical (unpaired) electrons. The molecule has 1 saturated carbocycles. The summed E-state index contributed by atoms with van der Waals surface area (Å²) in [7, 11) is 0. The summed E-state index contributed by atoms with van der Waals surface area (Å²) in [6.07, 6.45) is 10.2. The number of hydrogen-bond acceptors (Lipinski definition) is 3. The molecule has 1 rings (SSSR count). The van der Waals surface area contributed by atoms with Crippen molar-refractivity contribution in [2.24, 2.45) is 23.3 Å². The van der Waals surface area contributed by atoms with Gasteiger partial charge in [0.25, 0.3) is 0 Å². The molecule has 0 aromatic heterocycles. The summed E-state index contributed by atoms with van der Waals surface area (Å²) in [6.45, 7) is 1.69. The van der Waals surface area contributed by atoms with E-state index in [2.05, 4.69) is 5.32 Å². The maximum absolute atomic E-state index is 11.2. The van der Waals surface area contributed by atoms with Crippen molar-refractivity contribution in [3.05, 3.63) is 0 Å². The lowest BCUT2D eigenvalue weighted by Gasteiger charge is -2.22. The Hall–Kier alpha value is -0.610. The third-order valence-corrected chi connectivity index (χ3v) is 4.06. The summed E-state index contributed by atoms with van der Waals surface area (Å²) in [5.41, 5.74) is 11.1. The quantitative estimate of drug-likeness (QED) is 0.710. The molecule has 1 fully saturated rings. The van der Waals surface area contributed by atoms with Gasteiger partial charge in [-0.2, -0.15) is 0 Å². The second-order valence-corrected chi connectivity index (χ2v) is 5.54. The van der Waals surface area contributed by atoms with Crippen molar-refractivity contribution in [2.75, 3.05) is 19.6 Å². The summed E-state index contributed by atoms with van der Waals surface area (Å²) in [5, 5.41) is 2.92. The average molecular weight is 255 g/mol. The lowest BCUT2D eigenvalue weighted by molar-refractivity contribution is -0.119. The van der Waals surface area contributed by atoms with Crippen LogP contribution in [0.2, 0.25) is 0 Å². The first-order chi connectivity index (χ1) is 8.76. The molecule has 1 aliphatic carbocycles. The summed E-state index contributed by atoms with van der Waals surface area (Å²) < 4.78 is 0. The van der Waals surface area contributed by atoms with E-state index in [1.165, 1.54) is 51.4 Å². The predicted molar refractivity (Wildman–Crippen MR) is 75.0 cm³/mol. The summed E-state index contributed by atoms with van der Waals surface area (Å²) in [5.74, 6) is 1.24. The Labute approximate surface area is 111 Å². The third-order valence-electron chi connectivity index (χ3n) is 4.06. The number of carbonyl (C=O) groups is 1. The van der Waals surface area contributed by atoms with Crippen molar-refractivity contribution < 1.29 is 4.79 Å². The molecule has 106 valence electrons. The second kappa shape index (κ2) is 9.34. The zero-order valence-corrected chi connectivity index (χ0v) is 11.5. The second-order valence-electron chi connectivity index (χ2n) is 5.54. The van der Waals surface area contributed by atoms with E-state index in [1.807, 2.05) is 0 Å². The number of rotatable bonds is 4. The van der Waals surface area contributed by atoms with Crippen LogP contribution in [-0.2, 0) is 4.79 Å². The van der Waals surface area contributed by atoms with Gasteiger partial charge in [0.15, 0.2) is 0 Å². The van der Waals surface area contributed by atoms with Crippen molar-refractivity contribution in [1.82, 2.24) is 5.32 Å². The molecule has 0 bridgehead atoms. The molecule has 4 heteroatoms. The van der Waals surface area contributed by atoms with E-state index in [9.17, 15) is 4.79 Å². The van der Waals surface area contributed by atoms with Crippen LogP contribution < -0.4 is 16.8 Å². The standard InChI is InChI=1S/C14H29N3O/c15-9-12-5-3-1-2-4-6-13(8-7-12)11-17-14(18)10-16/h12-13H,1-11,15-16H2,(H,17,18)/t12-,13?/m1/s1. The highest BCUT2D eigenvalue weighted by atomic mass is 16.1. The fraction of sp³-hybridized carbons (Fsp3) is 0.929. The molecule has 0 saturated heterocycles. The van der Waals surface area contributed by atoms with Crippen LogP contribution in [0.3, 0.4) is 0 Å². The minimum Gasteiger partial charge on any atom is -0.355 e. The molecular formula is C14H29N3O. The fourth-order valence-corrected chi connectivity index (χ4v) is 2.75. The van der Waals surface area contributed by atoms with E-state index in [1.54, 1.807) is 0 Å². The van der Waals surface area contributed by atoms with Gasteiger partial charge in [0.05, 0.1) is 6.54 Å². The zero-order chi connectivity index (χ0) is 13.2. The van der Waals surface area contributed by atoms with E-state index >= 15 is 0 Å². The van der Waals surface area contributed by atoms with Gasteiger partial charge in [-0.1, -0.05) is 25.7 Å². The lowest BCUT2D eigenvalue weighted by atomic mass is 9.87. The Bertz CT molecular complexity index is 233. The van der Waals surface area contributed by atoms with Crippen LogP contribution in [0.4, 0.5) is 0 Å². The van der Waals surface area contributed by atoms with Gasteiger partial charge in [-0.3, -0.25) is 4.79 Å². The van der Waals surface area contributed by atoms with Crippen LogP contribution in [0.1, 0.15) is 51.4 Å². The van der Waals surface area contributed by atoms with Crippen molar-refractivity contribution in [2.45, 2.75) is 51.4 Å². The molecule has 0 aliphatic heterocycles. The van der Waals surface area contributed by atoms with Gasteiger partial charge in [-0.15, -0.1) is 0 Å². The first-order valence-electron chi connectivity index (χ1n) is 7.43. The van der Waals surface area contributed by atoms with Gasteiger partial charge < -0.3 is 16.8 Å². The Balaban J connectivity index is 2.35. The van der Waals surface area contributed by atoms with Gasteiger partial charge in [0, 0.05) is 6.54 Å². The molecule has 0 aromatic carbocycles. The molecule has 2 atom stereocenters. The highest BCUT2D eigenvalue weighted by Crippen LogP contribution is 2.24. The van der Waals surface area contributed by atoms with Crippen LogP contribution in [0, 0.1) is 11.8 Å². The molecule has 1 amide bonds. The van der Waals surface area contributed by atoms with Crippen LogP contribution in [0.5, 0.6) is 0 Å². The summed E-state index contributed by atoms with van der Waals surface area (Å²) in [4.78, 5) is 11.2. The topological polar surface area (TPSA) is 81.1 Å². The molecular weight excluding hydrogens is 226 g/mol. The maximum atomic E-state index is 11.2. The smallest absolute Gasteiger partial charge is 0.233 e. The monoisotopic (exact) mass is 255 g/mol. The first-order valence-corrected chi connectivity index (χ1v) is 7.43. The zero-order valence-electron chi connectivity index (χ0n) is 11.5. The van der Waals surface area contributed by atoms with E-state index < -0.39 is 0 Å². The van der Waals surface area contributed by atoms with Crippen molar-refractivity contribution in [3.63, 3.8) is 0 Å². The van der Waals surface area contributed by atoms with E-state index in [4.69, 9.17) is 11.5 Å². The van der Waals surface area contributed by atoms with Gasteiger partial charge in [-0.25, -0.2) is 0 Å². The first kappa shape index (κ1) is 15.4. The van der Waals surface area contributed by atoms with Crippen LogP contribution in [0.25, 0.3) is 0 Å². The van der Waals surface area contributed by atoms with E-state index in [0.29, 0.717) is 11.8 Å². The lowest BCUT2D eigenvalue weighted by Crippen LogP contribution is -2.34. The SMILES string of the molecule is NCC(=O)NCC1CCCCCC[C@@H](CN)CC1. The number of carbonyl (C=O) groups excluding carboxylic acids is 1. The Morgan fingerprint density at radius 2 is 1.56 bits per heavy atom. The number of amides is 1. The molecule has 5 N–H and O–H groups in total. The Morgan fingerprint density at radius 1 is 0.944 bits per heavy atom.